The minimum atomic E-state index is -2.77. The largest absolute Gasteiger partial charge is 0.481 e. The Hall–Kier alpha value is -0.620. The standard InChI is InChI=1S/C11H21NO4S/c13-11(14)5-3-1-2-4-6-12-7-9-17(15,16)10-8-12/h1-10H2,(H,13,14). The molecule has 1 saturated heterocycles. The van der Waals surface area contributed by atoms with Crippen LogP contribution in [0.25, 0.3) is 0 Å². The fourth-order valence-electron chi connectivity index (χ4n) is 1.94. The number of carboxylic acids is 1. The van der Waals surface area contributed by atoms with Crippen LogP contribution in [0.1, 0.15) is 32.1 Å². The first-order valence-electron chi connectivity index (χ1n) is 6.14. The highest BCUT2D eigenvalue weighted by Gasteiger charge is 2.20. The minimum Gasteiger partial charge on any atom is -0.481 e. The molecule has 1 rings (SSSR count). The molecule has 5 nitrogen and oxygen atoms in total. The molecule has 17 heavy (non-hydrogen) atoms. The lowest BCUT2D eigenvalue weighted by atomic mass is 10.1. The van der Waals surface area contributed by atoms with Crippen LogP contribution in [0.5, 0.6) is 0 Å². The molecule has 0 unspecified atom stereocenters. The Bertz CT molecular complexity index is 325. The van der Waals surface area contributed by atoms with Gasteiger partial charge in [-0.3, -0.25) is 4.79 Å². The fraction of sp³-hybridized carbons (Fsp3) is 0.909. The van der Waals surface area contributed by atoms with Crippen LogP contribution in [0.3, 0.4) is 0 Å². The molecular formula is C11H21NO4S. The second kappa shape index (κ2) is 6.96. The van der Waals surface area contributed by atoms with E-state index in [2.05, 4.69) is 4.90 Å². The zero-order valence-electron chi connectivity index (χ0n) is 10.1. The molecule has 0 amide bonds. The number of nitrogens with zero attached hydrogens (tertiary/aromatic N) is 1. The Balaban J connectivity index is 1.99. The Morgan fingerprint density at radius 3 is 2.24 bits per heavy atom. The maximum absolute atomic E-state index is 11.2. The van der Waals surface area contributed by atoms with E-state index in [-0.39, 0.29) is 17.9 Å². The normalized spacial score (nSPS) is 20.2. The first-order valence-corrected chi connectivity index (χ1v) is 7.96. The average Bonchev–Trinajstić information content (AvgIpc) is 2.25. The topological polar surface area (TPSA) is 74.7 Å². The molecule has 0 bridgehead atoms. The van der Waals surface area contributed by atoms with E-state index < -0.39 is 15.8 Å². The smallest absolute Gasteiger partial charge is 0.303 e. The highest BCUT2D eigenvalue weighted by atomic mass is 32.2. The van der Waals surface area contributed by atoms with Crippen LogP contribution >= 0.6 is 0 Å². The molecule has 100 valence electrons. The van der Waals surface area contributed by atoms with Gasteiger partial charge in [0.2, 0.25) is 0 Å². The van der Waals surface area contributed by atoms with E-state index in [1.54, 1.807) is 0 Å². The van der Waals surface area contributed by atoms with Crippen molar-refractivity contribution in [2.75, 3.05) is 31.1 Å². The van der Waals surface area contributed by atoms with Crippen molar-refractivity contribution in [2.45, 2.75) is 32.1 Å². The second-order valence-corrected chi connectivity index (χ2v) is 6.86. The predicted molar refractivity (Wildman–Crippen MR) is 65.8 cm³/mol. The van der Waals surface area contributed by atoms with Gasteiger partial charge < -0.3 is 10.0 Å². The van der Waals surface area contributed by atoms with E-state index in [1.165, 1.54) is 0 Å². The first kappa shape index (κ1) is 14.4. The molecule has 1 heterocycles. The highest BCUT2D eigenvalue weighted by Crippen LogP contribution is 2.07. The van der Waals surface area contributed by atoms with Gasteiger partial charge in [-0.05, 0) is 19.4 Å². The van der Waals surface area contributed by atoms with Crippen molar-refractivity contribution >= 4 is 15.8 Å². The molecule has 0 aliphatic carbocycles. The third kappa shape index (κ3) is 6.63. The second-order valence-electron chi connectivity index (χ2n) is 4.55. The summed E-state index contributed by atoms with van der Waals surface area (Å²) in [7, 11) is -2.77. The lowest BCUT2D eigenvalue weighted by Crippen LogP contribution is -2.40. The lowest BCUT2D eigenvalue weighted by molar-refractivity contribution is -0.137. The van der Waals surface area contributed by atoms with Gasteiger partial charge in [-0.15, -0.1) is 0 Å². The molecule has 6 heteroatoms. The maximum Gasteiger partial charge on any atom is 0.303 e. The summed E-state index contributed by atoms with van der Waals surface area (Å²) in [6.07, 6.45) is 3.99. The number of sulfone groups is 1. The van der Waals surface area contributed by atoms with Crippen LogP contribution in [0.4, 0.5) is 0 Å². The van der Waals surface area contributed by atoms with Crippen LogP contribution < -0.4 is 0 Å². The molecular weight excluding hydrogens is 242 g/mol. The molecule has 0 saturated carbocycles. The van der Waals surface area contributed by atoms with Crippen molar-refractivity contribution < 1.29 is 18.3 Å². The predicted octanol–water partition coefficient (Wildman–Crippen LogP) is 0.752. The SMILES string of the molecule is O=C(O)CCCCCCN1CCS(=O)(=O)CC1. The molecule has 1 aliphatic rings. The van der Waals surface area contributed by atoms with Crippen molar-refractivity contribution in [3.63, 3.8) is 0 Å². The third-order valence-electron chi connectivity index (χ3n) is 3.05. The van der Waals surface area contributed by atoms with Crippen LogP contribution in [0, 0.1) is 0 Å². The molecule has 1 aliphatic heterocycles. The van der Waals surface area contributed by atoms with Crippen molar-refractivity contribution in [3.05, 3.63) is 0 Å². The first-order chi connectivity index (χ1) is 7.99. The van der Waals surface area contributed by atoms with Crippen LogP contribution in [-0.4, -0.2) is 55.5 Å². The van der Waals surface area contributed by atoms with Crippen molar-refractivity contribution in [3.8, 4) is 0 Å². The summed E-state index contributed by atoms with van der Waals surface area (Å²) in [5, 5.41) is 8.46. The van der Waals surface area contributed by atoms with Gasteiger partial charge in [0.15, 0.2) is 9.84 Å². The Morgan fingerprint density at radius 2 is 1.65 bits per heavy atom. The number of carbonyl (C=O) groups is 1. The van der Waals surface area contributed by atoms with Gasteiger partial charge in [0.05, 0.1) is 11.5 Å². The number of carboxylic acid groups (broad SMARTS) is 1. The van der Waals surface area contributed by atoms with Gasteiger partial charge in [0.25, 0.3) is 0 Å². The molecule has 0 aromatic carbocycles. The van der Waals surface area contributed by atoms with Gasteiger partial charge >= 0.3 is 5.97 Å². The van der Waals surface area contributed by atoms with Gasteiger partial charge in [0.1, 0.15) is 0 Å². The zero-order valence-corrected chi connectivity index (χ0v) is 10.9. The number of hydrogen-bond donors (Lipinski definition) is 1. The van der Waals surface area contributed by atoms with Crippen molar-refractivity contribution in [2.24, 2.45) is 0 Å². The third-order valence-corrected chi connectivity index (χ3v) is 4.66. The maximum atomic E-state index is 11.2. The summed E-state index contributed by atoms with van der Waals surface area (Å²) in [6, 6.07) is 0. The van der Waals surface area contributed by atoms with E-state index in [1.807, 2.05) is 0 Å². The van der Waals surface area contributed by atoms with Gasteiger partial charge in [-0.1, -0.05) is 12.8 Å². The summed E-state index contributed by atoms with van der Waals surface area (Å²) < 4.78 is 22.4. The molecule has 1 fully saturated rings. The van der Waals surface area contributed by atoms with Crippen LogP contribution in [-0.2, 0) is 14.6 Å². The number of rotatable bonds is 7. The minimum absolute atomic E-state index is 0.252. The lowest BCUT2D eigenvalue weighted by Gasteiger charge is -2.26. The number of unbranched alkanes of at least 4 members (excludes halogenated alkanes) is 3. The monoisotopic (exact) mass is 263 g/mol. The zero-order chi connectivity index (χ0) is 12.7. The summed E-state index contributed by atoms with van der Waals surface area (Å²) in [4.78, 5) is 12.5. The molecule has 0 atom stereocenters. The van der Waals surface area contributed by atoms with Crippen LogP contribution in [0.2, 0.25) is 0 Å². The summed E-state index contributed by atoms with van der Waals surface area (Å²) in [6.45, 7) is 2.23. The van der Waals surface area contributed by atoms with Crippen LogP contribution in [0.15, 0.2) is 0 Å². The van der Waals surface area contributed by atoms with E-state index in [0.717, 1.165) is 32.2 Å². The van der Waals surface area contributed by atoms with Gasteiger partial charge in [-0.25, -0.2) is 8.42 Å². The quantitative estimate of drug-likeness (QED) is 0.686. The Morgan fingerprint density at radius 1 is 1.06 bits per heavy atom. The van der Waals surface area contributed by atoms with Crippen molar-refractivity contribution in [1.82, 2.24) is 4.90 Å². The van der Waals surface area contributed by atoms with Crippen molar-refractivity contribution in [1.29, 1.82) is 0 Å². The van der Waals surface area contributed by atoms with E-state index in [9.17, 15) is 13.2 Å². The van der Waals surface area contributed by atoms with E-state index in [0.29, 0.717) is 13.1 Å². The van der Waals surface area contributed by atoms with E-state index in [4.69, 9.17) is 5.11 Å². The molecule has 0 spiro atoms. The summed E-state index contributed by atoms with van der Waals surface area (Å²) in [5.41, 5.74) is 0. The molecule has 0 radical (unpaired) electrons. The molecule has 0 aromatic rings. The fourth-order valence-corrected chi connectivity index (χ4v) is 3.22. The van der Waals surface area contributed by atoms with E-state index >= 15 is 0 Å². The van der Waals surface area contributed by atoms with Gasteiger partial charge in [-0.2, -0.15) is 0 Å². The average molecular weight is 263 g/mol. The Kier molecular flexibility index (Phi) is 5.91. The van der Waals surface area contributed by atoms with Gasteiger partial charge in [0, 0.05) is 19.5 Å². The number of hydrogen-bond acceptors (Lipinski definition) is 4. The molecule has 0 aromatic heterocycles. The summed E-state index contributed by atoms with van der Waals surface area (Å²) >= 11 is 0. The summed E-state index contributed by atoms with van der Waals surface area (Å²) in [5.74, 6) is -0.163. The Labute approximate surface area is 103 Å². The molecule has 1 N–H and O–H groups in total. The highest BCUT2D eigenvalue weighted by molar-refractivity contribution is 7.91. The number of aliphatic carboxylic acids is 1.